The van der Waals surface area contributed by atoms with Crippen LogP contribution in [0.1, 0.15) is 33.6 Å². The zero-order valence-electron chi connectivity index (χ0n) is 12.1. The Morgan fingerprint density at radius 2 is 2.05 bits per heavy atom. The lowest BCUT2D eigenvalue weighted by atomic mass is 10.0. The number of halogens is 1. The van der Waals surface area contributed by atoms with Gasteiger partial charge in [-0.3, -0.25) is 4.79 Å². The fourth-order valence-electron chi connectivity index (χ4n) is 2.06. The van der Waals surface area contributed by atoms with E-state index >= 15 is 0 Å². The van der Waals surface area contributed by atoms with Crippen molar-refractivity contribution in [1.29, 1.82) is 0 Å². The zero-order chi connectivity index (χ0) is 14.6. The maximum absolute atomic E-state index is 12.0. The predicted molar refractivity (Wildman–Crippen MR) is 74.3 cm³/mol. The standard InChI is InChI=1S/C13H23ClN2O3/c1-13(2,3)19-12(18)15(4)10-6-5-7-16(9-10)11(17)8-14/h10H,5-9H2,1-4H3/t10-/m1/s1. The number of likely N-dealkylation sites (tertiary alicyclic amines) is 1. The molecule has 1 fully saturated rings. The number of ether oxygens (including phenoxy) is 1. The van der Waals surface area contributed by atoms with E-state index in [-0.39, 0.29) is 23.9 Å². The summed E-state index contributed by atoms with van der Waals surface area (Å²) in [5, 5.41) is 0. The van der Waals surface area contributed by atoms with E-state index in [1.54, 1.807) is 16.8 Å². The molecule has 110 valence electrons. The van der Waals surface area contributed by atoms with E-state index in [0.717, 1.165) is 12.8 Å². The molecule has 0 bridgehead atoms. The van der Waals surface area contributed by atoms with Crippen LogP contribution in [0.4, 0.5) is 4.79 Å². The van der Waals surface area contributed by atoms with Crippen molar-refractivity contribution < 1.29 is 14.3 Å². The first-order chi connectivity index (χ1) is 8.74. The zero-order valence-corrected chi connectivity index (χ0v) is 12.9. The number of rotatable bonds is 2. The molecule has 0 aromatic heterocycles. The topological polar surface area (TPSA) is 49.9 Å². The van der Waals surface area contributed by atoms with Gasteiger partial charge in [0.25, 0.3) is 0 Å². The summed E-state index contributed by atoms with van der Waals surface area (Å²) in [7, 11) is 1.72. The van der Waals surface area contributed by atoms with Gasteiger partial charge in [-0.25, -0.2) is 4.79 Å². The second-order valence-electron chi connectivity index (χ2n) is 5.86. The molecule has 0 spiro atoms. The fourth-order valence-corrected chi connectivity index (χ4v) is 2.23. The minimum atomic E-state index is -0.508. The summed E-state index contributed by atoms with van der Waals surface area (Å²) in [5.74, 6) is -0.0907. The molecule has 1 aliphatic heterocycles. The maximum Gasteiger partial charge on any atom is 0.410 e. The quantitative estimate of drug-likeness (QED) is 0.732. The van der Waals surface area contributed by atoms with Gasteiger partial charge in [0.15, 0.2) is 0 Å². The number of nitrogens with zero attached hydrogens (tertiary/aromatic N) is 2. The smallest absolute Gasteiger partial charge is 0.410 e. The van der Waals surface area contributed by atoms with Crippen molar-refractivity contribution in [2.45, 2.75) is 45.3 Å². The Labute approximate surface area is 119 Å². The average Bonchev–Trinajstić information content (AvgIpc) is 2.35. The van der Waals surface area contributed by atoms with Crippen molar-refractivity contribution in [2.75, 3.05) is 26.0 Å². The van der Waals surface area contributed by atoms with E-state index in [4.69, 9.17) is 16.3 Å². The van der Waals surface area contributed by atoms with E-state index in [1.165, 1.54) is 0 Å². The van der Waals surface area contributed by atoms with Crippen LogP contribution in [0.5, 0.6) is 0 Å². The van der Waals surface area contributed by atoms with Crippen LogP contribution in [0.3, 0.4) is 0 Å². The highest BCUT2D eigenvalue weighted by Gasteiger charge is 2.30. The third-order valence-corrected chi connectivity index (χ3v) is 3.32. The Morgan fingerprint density at radius 1 is 1.42 bits per heavy atom. The normalized spacial score (nSPS) is 20.1. The SMILES string of the molecule is CN(C(=O)OC(C)(C)C)[C@@H]1CCCN(C(=O)CCl)C1. The number of piperidine rings is 1. The molecule has 0 N–H and O–H groups in total. The lowest BCUT2D eigenvalue weighted by molar-refractivity contribution is -0.130. The third kappa shape index (κ3) is 4.90. The van der Waals surface area contributed by atoms with Gasteiger partial charge in [0.2, 0.25) is 5.91 Å². The van der Waals surface area contributed by atoms with Crippen LogP contribution in [0.2, 0.25) is 0 Å². The molecule has 1 atom stereocenters. The highest BCUT2D eigenvalue weighted by Crippen LogP contribution is 2.18. The molecule has 0 aromatic carbocycles. The summed E-state index contributed by atoms with van der Waals surface area (Å²) in [4.78, 5) is 26.9. The number of alkyl halides is 1. The minimum absolute atomic E-state index is 0.00392. The Kier molecular flexibility index (Phi) is 5.47. The van der Waals surface area contributed by atoms with E-state index in [2.05, 4.69) is 0 Å². The Bertz CT molecular complexity index is 341. The lowest BCUT2D eigenvalue weighted by Gasteiger charge is -2.37. The fraction of sp³-hybridized carbons (Fsp3) is 0.846. The molecule has 1 heterocycles. The molecular formula is C13H23ClN2O3. The summed E-state index contributed by atoms with van der Waals surface area (Å²) in [5.41, 5.74) is -0.508. The molecule has 0 aromatic rings. The van der Waals surface area contributed by atoms with E-state index in [9.17, 15) is 9.59 Å². The van der Waals surface area contributed by atoms with Gasteiger partial charge in [-0.2, -0.15) is 0 Å². The number of carbonyl (C=O) groups is 2. The van der Waals surface area contributed by atoms with Gasteiger partial charge >= 0.3 is 6.09 Å². The molecule has 0 unspecified atom stereocenters. The van der Waals surface area contributed by atoms with Crippen molar-refractivity contribution in [3.8, 4) is 0 Å². The molecule has 0 aliphatic carbocycles. The van der Waals surface area contributed by atoms with Gasteiger partial charge in [0.1, 0.15) is 11.5 Å². The Hall–Kier alpha value is -0.970. The van der Waals surface area contributed by atoms with Crippen LogP contribution in [-0.2, 0) is 9.53 Å². The van der Waals surface area contributed by atoms with Crippen LogP contribution in [0.15, 0.2) is 0 Å². The highest BCUT2D eigenvalue weighted by molar-refractivity contribution is 6.27. The van der Waals surface area contributed by atoms with Gasteiger partial charge in [0.05, 0.1) is 6.04 Å². The largest absolute Gasteiger partial charge is 0.444 e. The summed E-state index contributed by atoms with van der Waals surface area (Å²) < 4.78 is 5.33. The van der Waals surface area contributed by atoms with Crippen LogP contribution in [0, 0.1) is 0 Å². The minimum Gasteiger partial charge on any atom is -0.444 e. The maximum atomic E-state index is 12.0. The first-order valence-corrected chi connectivity index (χ1v) is 7.07. The molecule has 0 radical (unpaired) electrons. The number of hydrogen-bond donors (Lipinski definition) is 0. The molecular weight excluding hydrogens is 268 g/mol. The molecule has 19 heavy (non-hydrogen) atoms. The lowest BCUT2D eigenvalue weighted by Crippen LogP contribution is -2.51. The van der Waals surface area contributed by atoms with Gasteiger partial charge < -0.3 is 14.5 Å². The number of hydrogen-bond acceptors (Lipinski definition) is 3. The molecule has 0 saturated carbocycles. The van der Waals surface area contributed by atoms with E-state index < -0.39 is 5.60 Å². The van der Waals surface area contributed by atoms with Gasteiger partial charge in [-0.15, -0.1) is 11.6 Å². The number of amides is 2. The van der Waals surface area contributed by atoms with Crippen molar-refractivity contribution in [3.05, 3.63) is 0 Å². The molecule has 6 heteroatoms. The molecule has 1 aliphatic rings. The first-order valence-electron chi connectivity index (χ1n) is 6.54. The van der Waals surface area contributed by atoms with E-state index in [0.29, 0.717) is 13.1 Å². The Balaban J connectivity index is 2.59. The summed E-state index contributed by atoms with van der Waals surface area (Å²) in [6, 6.07) is -0.00392. The van der Waals surface area contributed by atoms with Gasteiger partial charge in [-0.1, -0.05) is 0 Å². The van der Waals surface area contributed by atoms with Crippen LogP contribution >= 0.6 is 11.6 Å². The van der Waals surface area contributed by atoms with Crippen molar-refractivity contribution in [3.63, 3.8) is 0 Å². The van der Waals surface area contributed by atoms with Crippen LogP contribution < -0.4 is 0 Å². The number of carbonyl (C=O) groups excluding carboxylic acids is 2. The molecule has 2 amide bonds. The Morgan fingerprint density at radius 3 is 2.58 bits per heavy atom. The van der Waals surface area contributed by atoms with Crippen LogP contribution in [-0.4, -0.2) is 59.5 Å². The second kappa shape index (κ2) is 6.46. The van der Waals surface area contributed by atoms with Gasteiger partial charge in [0, 0.05) is 20.1 Å². The molecule has 1 saturated heterocycles. The summed E-state index contributed by atoms with van der Waals surface area (Å²) in [6.45, 7) is 6.75. The first kappa shape index (κ1) is 16.1. The second-order valence-corrected chi connectivity index (χ2v) is 6.13. The highest BCUT2D eigenvalue weighted by atomic mass is 35.5. The molecule has 1 rings (SSSR count). The average molecular weight is 291 g/mol. The van der Waals surface area contributed by atoms with E-state index in [1.807, 2.05) is 20.8 Å². The van der Waals surface area contributed by atoms with Crippen LogP contribution in [0.25, 0.3) is 0 Å². The summed E-state index contributed by atoms with van der Waals surface area (Å²) >= 11 is 5.57. The predicted octanol–water partition coefficient (Wildman–Crippen LogP) is 2.08. The van der Waals surface area contributed by atoms with Crippen molar-refractivity contribution >= 4 is 23.6 Å². The van der Waals surface area contributed by atoms with Crippen molar-refractivity contribution in [2.24, 2.45) is 0 Å². The monoisotopic (exact) mass is 290 g/mol. The number of likely N-dealkylation sites (N-methyl/N-ethyl adjacent to an activating group) is 1. The summed E-state index contributed by atoms with van der Waals surface area (Å²) in [6.07, 6.45) is 1.40. The van der Waals surface area contributed by atoms with Gasteiger partial charge in [-0.05, 0) is 33.6 Å². The van der Waals surface area contributed by atoms with Crippen molar-refractivity contribution in [1.82, 2.24) is 9.80 Å². The molecule has 5 nitrogen and oxygen atoms in total. The third-order valence-electron chi connectivity index (χ3n) is 3.09.